The van der Waals surface area contributed by atoms with Crippen LogP contribution in [0.4, 0.5) is 13.2 Å². The van der Waals surface area contributed by atoms with E-state index in [1.54, 1.807) is 72.3 Å². The van der Waals surface area contributed by atoms with Crippen LogP contribution in [0.25, 0.3) is 0 Å². The van der Waals surface area contributed by atoms with E-state index in [2.05, 4.69) is 0 Å². The van der Waals surface area contributed by atoms with E-state index in [9.17, 15) is 22.8 Å². The average Bonchev–Trinajstić information content (AvgIpc) is 2.75. The molecule has 1 aromatic carbocycles. The van der Waals surface area contributed by atoms with E-state index in [1.807, 2.05) is 4.90 Å². The van der Waals surface area contributed by atoms with Crippen molar-refractivity contribution >= 4 is 42.3 Å². The zero-order valence-electron chi connectivity index (χ0n) is 19.3. The Bertz CT molecular complexity index is 815. The molecule has 0 radical (unpaired) electrons. The molecule has 1 aliphatic rings. The van der Waals surface area contributed by atoms with E-state index >= 15 is 0 Å². The number of carbonyl (C=O) groups excluding carboxylic acids is 2. The van der Waals surface area contributed by atoms with E-state index < -0.39 is 35.9 Å². The molecule has 11 heteroatoms. The lowest BCUT2D eigenvalue weighted by atomic mass is 9.89. The maximum absolute atomic E-state index is 14.0. The number of nitrogens with zero attached hydrogens (tertiary/aromatic N) is 2. The van der Waals surface area contributed by atoms with Crippen LogP contribution in [0.1, 0.15) is 45.7 Å². The highest BCUT2D eigenvalue weighted by atomic mass is 127. The van der Waals surface area contributed by atoms with Gasteiger partial charge in [0.05, 0.1) is 16.3 Å². The summed E-state index contributed by atoms with van der Waals surface area (Å²) in [6, 6.07) is 6.83. The van der Waals surface area contributed by atoms with Crippen molar-refractivity contribution in [2.24, 2.45) is 5.92 Å². The quantitative estimate of drug-likeness (QED) is 0.232. The van der Waals surface area contributed by atoms with Gasteiger partial charge in [-0.15, -0.1) is 0 Å². The van der Waals surface area contributed by atoms with Gasteiger partial charge < -0.3 is 9.64 Å². The van der Waals surface area contributed by atoms with Crippen LogP contribution >= 0.6 is 30.4 Å². The molecule has 0 aromatic heterocycles. The van der Waals surface area contributed by atoms with Crippen molar-refractivity contribution in [1.82, 2.24) is 9.80 Å². The van der Waals surface area contributed by atoms with E-state index in [0.717, 1.165) is 6.92 Å². The van der Waals surface area contributed by atoms with E-state index in [4.69, 9.17) is 8.92 Å². The monoisotopic (exact) mass is 602 g/mol. The van der Waals surface area contributed by atoms with Crippen LogP contribution in [0, 0.1) is 5.92 Å². The summed E-state index contributed by atoms with van der Waals surface area (Å²) in [5.41, 5.74) is -1.75. The fourth-order valence-corrected chi connectivity index (χ4v) is 5.63. The van der Waals surface area contributed by atoms with Crippen molar-refractivity contribution in [3.8, 4) is 0 Å². The Balaban J connectivity index is 2.49. The number of alkyl halides is 3. The van der Waals surface area contributed by atoms with Gasteiger partial charge in [0, 0.05) is 58.7 Å². The zero-order valence-corrected chi connectivity index (χ0v) is 22.2. The smallest absolute Gasteiger partial charge is 0.418 e. The van der Waals surface area contributed by atoms with Gasteiger partial charge in [-0.1, -0.05) is 44.2 Å². The molecule has 186 valence electrons. The first-order chi connectivity index (χ1) is 15.4. The third kappa shape index (κ3) is 6.55. The first-order valence-corrected chi connectivity index (χ1v) is 13.9. The molecular formula is C22H30F3IN2O4S. The second kappa shape index (κ2) is 11.6. The number of hydrogen-bond donors (Lipinski definition) is 0. The minimum absolute atomic E-state index is 0.0559. The van der Waals surface area contributed by atoms with Crippen molar-refractivity contribution < 1.29 is 31.7 Å². The SMILES string of the molecule is COC(=O)C1CN(C(CC(C)(OSI)C(F)(F)F)c2ccccc2)CC(C)N1C(=O)C(C)C. The summed E-state index contributed by atoms with van der Waals surface area (Å²) in [5, 5.41) is 0. The van der Waals surface area contributed by atoms with E-state index in [0.29, 0.717) is 21.3 Å². The molecule has 2 rings (SSSR count). The van der Waals surface area contributed by atoms with Gasteiger partial charge in [-0.25, -0.2) is 4.79 Å². The number of piperazine rings is 1. The third-order valence-corrected chi connectivity index (χ3v) is 6.93. The molecule has 1 heterocycles. The van der Waals surface area contributed by atoms with Crippen LogP contribution in [0.15, 0.2) is 30.3 Å². The van der Waals surface area contributed by atoms with Crippen LogP contribution < -0.4 is 0 Å². The number of esters is 1. The predicted molar refractivity (Wildman–Crippen MR) is 129 cm³/mol. The number of rotatable bonds is 8. The number of halogens is 4. The summed E-state index contributed by atoms with van der Waals surface area (Å²) in [4.78, 5) is 28.8. The maximum atomic E-state index is 14.0. The van der Waals surface area contributed by atoms with E-state index in [1.165, 1.54) is 12.0 Å². The highest BCUT2D eigenvalue weighted by Gasteiger charge is 2.55. The highest BCUT2D eigenvalue weighted by molar-refractivity contribution is 14.2. The fraction of sp³-hybridized carbons (Fsp3) is 0.636. The molecule has 6 nitrogen and oxygen atoms in total. The Morgan fingerprint density at radius 2 is 1.82 bits per heavy atom. The normalized spacial score (nSPS) is 22.7. The Morgan fingerprint density at radius 1 is 1.21 bits per heavy atom. The molecule has 1 saturated heterocycles. The standard InChI is InChI=1S/C22H30F3IN2O4S/c1-14(2)19(29)28-15(3)12-27(13-18(28)20(30)31-5)17(16-9-7-6-8-10-16)11-21(4,32-33-26)22(23,24)25/h6-10,14-15,17-18H,11-13H2,1-5H3. The van der Waals surface area contributed by atoms with Gasteiger partial charge in [-0.3, -0.25) is 13.9 Å². The number of methoxy groups -OCH3 is 1. The van der Waals surface area contributed by atoms with Crippen molar-refractivity contribution in [3.05, 3.63) is 35.9 Å². The van der Waals surface area contributed by atoms with Crippen molar-refractivity contribution in [3.63, 3.8) is 0 Å². The summed E-state index contributed by atoms with van der Waals surface area (Å²) >= 11 is 1.68. The van der Waals surface area contributed by atoms with Gasteiger partial charge in [0.15, 0.2) is 5.60 Å². The van der Waals surface area contributed by atoms with Crippen LogP contribution in [-0.2, 0) is 18.5 Å². The zero-order chi connectivity index (χ0) is 25.0. The second-order valence-corrected chi connectivity index (χ2v) is 10.1. The fourth-order valence-electron chi connectivity index (χ4n) is 4.14. The summed E-state index contributed by atoms with van der Waals surface area (Å²) in [7, 11) is 1.88. The molecule has 0 aliphatic carbocycles. The summed E-state index contributed by atoms with van der Waals surface area (Å²) < 4.78 is 52.2. The first kappa shape index (κ1) is 28.2. The summed E-state index contributed by atoms with van der Waals surface area (Å²) in [6.45, 7) is 6.68. The molecule has 0 saturated carbocycles. The van der Waals surface area contributed by atoms with Crippen LogP contribution in [0.3, 0.4) is 0 Å². The lowest BCUT2D eigenvalue weighted by Crippen LogP contribution is -2.64. The van der Waals surface area contributed by atoms with Crippen molar-refractivity contribution in [2.45, 2.75) is 64.0 Å². The Labute approximate surface area is 209 Å². The average molecular weight is 602 g/mol. The van der Waals surface area contributed by atoms with Gasteiger partial charge in [0.25, 0.3) is 0 Å². The maximum Gasteiger partial charge on any atom is 0.418 e. The van der Waals surface area contributed by atoms with Crippen LogP contribution in [0.2, 0.25) is 0 Å². The molecule has 1 aliphatic heterocycles. The molecule has 1 amide bonds. The number of ether oxygens (including phenoxy) is 1. The molecular weight excluding hydrogens is 572 g/mol. The molecule has 1 aromatic rings. The predicted octanol–water partition coefficient (Wildman–Crippen LogP) is 5.18. The van der Waals surface area contributed by atoms with Crippen molar-refractivity contribution in [2.75, 3.05) is 20.2 Å². The Morgan fingerprint density at radius 3 is 2.30 bits per heavy atom. The van der Waals surface area contributed by atoms with Gasteiger partial charge in [0.2, 0.25) is 5.91 Å². The van der Waals surface area contributed by atoms with Crippen LogP contribution in [-0.4, -0.2) is 65.7 Å². The van der Waals surface area contributed by atoms with Crippen LogP contribution in [0.5, 0.6) is 0 Å². The molecule has 0 bridgehead atoms. The lowest BCUT2D eigenvalue weighted by molar-refractivity contribution is -0.244. The lowest BCUT2D eigenvalue weighted by Gasteiger charge is -2.48. The second-order valence-electron chi connectivity index (χ2n) is 8.75. The Hall–Kier alpha value is -1.05. The number of benzene rings is 1. The van der Waals surface area contributed by atoms with Gasteiger partial charge in [-0.05, 0) is 19.4 Å². The highest BCUT2D eigenvalue weighted by Crippen LogP contribution is 2.45. The third-order valence-electron chi connectivity index (χ3n) is 5.96. The molecule has 1 fully saturated rings. The molecule has 0 spiro atoms. The van der Waals surface area contributed by atoms with Crippen molar-refractivity contribution in [1.29, 1.82) is 0 Å². The number of carbonyl (C=O) groups is 2. The molecule has 33 heavy (non-hydrogen) atoms. The first-order valence-electron chi connectivity index (χ1n) is 10.6. The molecule has 4 unspecified atom stereocenters. The topological polar surface area (TPSA) is 59.1 Å². The molecule has 4 atom stereocenters. The van der Waals surface area contributed by atoms with Gasteiger partial charge in [0.1, 0.15) is 6.04 Å². The number of amides is 1. The summed E-state index contributed by atoms with van der Waals surface area (Å²) in [6.07, 6.45) is -4.99. The minimum atomic E-state index is -4.61. The minimum Gasteiger partial charge on any atom is -0.467 e. The molecule has 0 N–H and O–H groups in total. The van der Waals surface area contributed by atoms with Gasteiger partial charge >= 0.3 is 12.1 Å². The Kier molecular flexibility index (Phi) is 9.90. The largest absolute Gasteiger partial charge is 0.467 e. The number of hydrogen-bond acceptors (Lipinski definition) is 6. The van der Waals surface area contributed by atoms with E-state index in [-0.39, 0.29) is 24.8 Å². The summed E-state index contributed by atoms with van der Waals surface area (Å²) in [5.74, 6) is -1.12. The van der Waals surface area contributed by atoms with Gasteiger partial charge in [-0.2, -0.15) is 13.2 Å².